The monoisotopic (exact) mass is 352 g/mol. The van der Waals surface area contributed by atoms with Gasteiger partial charge in [0, 0.05) is 23.9 Å². The number of carboxylic acid groups (broad SMARTS) is 1. The minimum atomic E-state index is -1.05. The molecule has 0 fully saturated rings. The smallest absolute Gasteiger partial charge is 0.335 e. The molecule has 0 bridgehead atoms. The highest BCUT2D eigenvalue weighted by Gasteiger charge is 2.13. The molecule has 2 rings (SSSR count). The molecule has 2 amide bonds. The number of benzene rings is 1. The average Bonchev–Trinajstić information content (AvgIpc) is 2.93. The van der Waals surface area contributed by atoms with Crippen molar-refractivity contribution in [2.24, 2.45) is 0 Å². The highest BCUT2D eigenvalue weighted by atomic mass is 79.9. The molecule has 1 heterocycles. The summed E-state index contributed by atoms with van der Waals surface area (Å²) in [5.41, 5.74) is 0.494. The molecule has 0 unspecified atom stereocenters. The van der Waals surface area contributed by atoms with Gasteiger partial charge < -0.3 is 20.3 Å². The number of H-pyrrole nitrogens is 1. The summed E-state index contributed by atoms with van der Waals surface area (Å²) in [5.74, 6) is -0.395. The zero-order valence-corrected chi connectivity index (χ0v) is 12.7. The summed E-state index contributed by atoms with van der Waals surface area (Å²) in [6, 6.07) is 4.06. The van der Waals surface area contributed by atoms with Crippen LogP contribution < -0.4 is 5.32 Å². The number of hydrogen-bond acceptors (Lipinski definition) is 3. The van der Waals surface area contributed by atoms with E-state index in [-0.39, 0.29) is 11.6 Å². The first kappa shape index (κ1) is 15.0. The van der Waals surface area contributed by atoms with Crippen molar-refractivity contribution in [1.29, 1.82) is 0 Å². The summed E-state index contributed by atoms with van der Waals surface area (Å²) in [4.78, 5) is 31.4. The van der Waals surface area contributed by atoms with Gasteiger partial charge in [0.15, 0.2) is 0 Å². The van der Waals surface area contributed by atoms with Crippen LogP contribution in [0, 0.1) is 0 Å². The lowest BCUT2D eigenvalue weighted by Crippen LogP contribution is -2.31. The first-order valence-corrected chi connectivity index (χ1v) is 6.80. The number of hydrogen-bond donors (Lipinski definition) is 3. The van der Waals surface area contributed by atoms with Gasteiger partial charge in [-0.2, -0.15) is 0 Å². The summed E-state index contributed by atoms with van der Waals surface area (Å²) in [7, 11) is 1.62. The lowest BCUT2D eigenvalue weighted by Gasteiger charge is -2.17. The van der Waals surface area contributed by atoms with E-state index in [1.807, 2.05) is 0 Å². The van der Waals surface area contributed by atoms with Gasteiger partial charge in [-0.3, -0.25) is 0 Å². The molecule has 0 radical (unpaired) electrons. The molecule has 1 aromatic heterocycles. The number of carbonyl (C=O) groups excluding carboxylic acids is 1. The van der Waals surface area contributed by atoms with Crippen molar-refractivity contribution in [1.82, 2.24) is 14.9 Å². The Kier molecular flexibility index (Phi) is 4.59. The number of anilines is 1. The molecule has 1 aromatic carbocycles. The Morgan fingerprint density at radius 3 is 2.86 bits per heavy atom. The van der Waals surface area contributed by atoms with Crippen molar-refractivity contribution in [3.05, 3.63) is 46.5 Å². The predicted octanol–water partition coefficient (Wildman–Crippen LogP) is 2.53. The molecule has 0 saturated heterocycles. The van der Waals surface area contributed by atoms with Crippen LogP contribution in [0.2, 0.25) is 0 Å². The fourth-order valence-corrected chi connectivity index (χ4v) is 1.99. The second kappa shape index (κ2) is 6.40. The first-order chi connectivity index (χ1) is 9.97. The zero-order valence-electron chi connectivity index (χ0n) is 11.1. The number of aromatic nitrogens is 2. The van der Waals surface area contributed by atoms with Crippen LogP contribution in [0.15, 0.2) is 35.1 Å². The van der Waals surface area contributed by atoms with Gasteiger partial charge in [0.25, 0.3) is 0 Å². The van der Waals surface area contributed by atoms with Crippen molar-refractivity contribution in [3.63, 3.8) is 0 Å². The van der Waals surface area contributed by atoms with Crippen LogP contribution in [0.1, 0.15) is 16.2 Å². The second-order valence-electron chi connectivity index (χ2n) is 4.32. The number of amides is 2. The lowest BCUT2D eigenvalue weighted by atomic mass is 10.2. The minimum absolute atomic E-state index is 0.0992. The van der Waals surface area contributed by atoms with Gasteiger partial charge in [-0.15, -0.1) is 0 Å². The van der Waals surface area contributed by atoms with Gasteiger partial charge in [-0.25, -0.2) is 14.6 Å². The molecule has 21 heavy (non-hydrogen) atoms. The Morgan fingerprint density at radius 2 is 2.24 bits per heavy atom. The standard InChI is InChI=1S/C13H13BrN4O3/c1-18(7-11-15-4-5-16-11)13(21)17-10-6-8(12(19)20)2-3-9(10)14/h2-6H,7H2,1H3,(H,15,16)(H,17,21)(H,19,20). The molecule has 110 valence electrons. The fourth-order valence-electron chi connectivity index (χ4n) is 1.65. The fraction of sp³-hybridized carbons (Fsp3) is 0.154. The molecule has 2 aromatic rings. The molecule has 3 N–H and O–H groups in total. The van der Waals surface area contributed by atoms with E-state index < -0.39 is 5.97 Å². The summed E-state index contributed by atoms with van der Waals surface area (Å²) in [6.07, 6.45) is 3.28. The van der Waals surface area contributed by atoms with Crippen LogP contribution in [0.25, 0.3) is 0 Å². The van der Waals surface area contributed by atoms with Crippen molar-refractivity contribution in [3.8, 4) is 0 Å². The molecule has 0 aliphatic carbocycles. The van der Waals surface area contributed by atoms with Gasteiger partial charge in [-0.1, -0.05) is 0 Å². The van der Waals surface area contributed by atoms with Crippen LogP contribution in [0.4, 0.5) is 10.5 Å². The molecule has 0 aliphatic rings. The molecule has 0 saturated carbocycles. The van der Waals surface area contributed by atoms with E-state index in [9.17, 15) is 9.59 Å². The number of carbonyl (C=O) groups is 2. The largest absolute Gasteiger partial charge is 0.478 e. The molecule has 8 heteroatoms. The van der Waals surface area contributed by atoms with Gasteiger partial charge in [0.05, 0.1) is 17.8 Å². The number of rotatable bonds is 4. The molecule has 0 spiro atoms. The van der Waals surface area contributed by atoms with E-state index in [4.69, 9.17) is 5.11 Å². The Morgan fingerprint density at radius 1 is 1.48 bits per heavy atom. The third kappa shape index (κ3) is 3.82. The summed E-state index contributed by atoms with van der Waals surface area (Å²) >= 11 is 3.27. The number of aromatic amines is 1. The van der Waals surface area contributed by atoms with E-state index in [0.717, 1.165) is 0 Å². The topological polar surface area (TPSA) is 98.3 Å². The molecule has 7 nitrogen and oxygen atoms in total. The summed E-state index contributed by atoms with van der Waals surface area (Å²) < 4.78 is 0.604. The maximum absolute atomic E-state index is 12.1. The average molecular weight is 353 g/mol. The Bertz CT molecular complexity index is 657. The number of aromatic carboxylic acids is 1. The normalized spacial score (nSPS) is 10.2. The molecule has 0 aliphatic heterocycles. The van der Waals surface area contributed by atoms with Gasteiger partial charge >= 0.3 is 12.0 Å². The van der Waals surface area contributed by atoms with Crippen molar-refractivity contribution in [2.45, 2.75) is 6.54 Å². The molecular weight excluding hydrogens is 340 g/mol. The van der Waals surface area contributed by atoms with Crippen LogP contribution in [0.3, 0.4) is 0 Å². The maximum Gasteiger partial charge on any atom is 0.335 e. The Balaban J connectivity index is 2.08. The number of urea groups is 1. The van der Waals surface area contributed by atoms with Crippen molar-refractivity contribution < 1.29 is 14.7 Å². The number of nitrogens with zero attached hydrogens (tertiary/aromatic N) is 2. The van der Waals surface area contributed by atoms with E-state index in [2.05, 4.69) is 31.2 Å². The van der Waals surface area contributed by atoms with E-state index in [0.29, 0.717) is 22.5 Å². The second-order valence-corrected chi connectivity index (χ2v) is 5.18. The van der Waals surface area contributed by atoms with E-state index >= 15 is 0 Å². The maximum atomic E-state index is 12.1. The highest BCUT2D eigenvalue weighted by molar-refractivity contribution is 9.10. The Labute approximate surface area is 129 Å². The summed E-state index contributed by atoms with van der Waals surface area (Å²) in [5, 5.41) is 11.6. The third-order valence-electron chi connectivity index (χ3n) is 2.74. The first-order valence-electron chi connectivity index (χ1n) is 6.00. The lowest BCUT2D eigenvalue weighted by molar-refractivity contribution is 0.0697. The SMILES string of the molecule is CN(Cc1ncc[nH]1)C(=O)Nc1cc(C(=O)O)ccc1Br. The number of carboxylic acids is 1. The Hall–Kier alpha value is -2.35. The van der Waals surface area contributed by atoms with Crippen LogP contribution >= 0.6 is 15.9 Å². The minimum Gasteiger partial charge on any atom is -0.478 e. The van der Waals surface area contributed by atoms with Gasteiger partial charge in [0.2, 0.25) is 0 Å². The zero-order chi connectivity index (χ0) is 15.4. The van der Waals surface area contributed by atoms with Crippen LogP contribution in [-0.4, -0.2) is 39.0 Å². The van der Waals surface area contributed by atoms with Crippen LogP contribution in [-0.2, 0) is 6.54 Å². The number of halogens is 1. The quantitative estimate of drug-likeness (QED) is 0.787. The van der Waals surface area contributed by atoms with Gasteiger partial charge in [0.1, 0.15) is 5.82 Å². The van der Waals surface area contributed by atoms with Crippen molar-refractivity contribution in [2.75, 3.05) is 12.4 Å². The highest BCUT2D eigenvalue weighted by Crippen LogP contribution is 2.24. The number of nitrogens with one attached hydrogen (secondary N) is 2. The third-order valence-corrected chi connectivity index (χ3v) is 3.43. The number of imidazole rings is 1. The van der Waals surface area contributed by atoms with Crippen LogP contribution in [0.5, 0.6) is 0 Å². The van der Waals surface area contributed by atoms with Gasteiger partial charge in [-0.05, 0) is 34.1 Å². The molecule has 0 atom stereocenters. The molecular formula is C13H13BrN4O3. The predicted molar refractivity (Wildman–Crippen MR) is 80.2 cm³/mol. The van der Waals surface area contributed by atoms with E-state index in [1.54, 1.807) is 25.5 Å². The summed E-state index contributed by atoms with van der Waals surface area (Å²) in [6.45, 7) is 0.315. The van der Waals surface area contributed by atoms with Crippen molar-refractivity contribution >= 4 is 33.6 Å². The van der Waals surface area contributed by atoms with E-state index in [1.165, 1.54) is 17.0 Å².